The third-order valence-corrected chi connectivity index (χ3v) is 7.05. The van der Waals surface area contributed by atoms with Crippen LogP contribution in [0.1, 0.15) is 53.7 Å². The van der Waals surface area contributed by atoms with E-state index in [9.17, 15) is 14.4 Å². The van der Waals surface area contributed by atoms with Gasteiger partial charge in [0.1, 0.15) is 17.2 Å². The minimum atomic E-state index is -0.316. The van der Waals surface area contributed by atoms with Crippen LogP contribution in [-0.4, -0.2) is 35.0 Å². The van der Waals surface area contributed by atoms with Gasteiger partial charge < -0.3 is 15.6 Å². The van der Waals surface area contributed by atoms with Crippen LogP contribution in [0, 0.1) is 0 Å². The largest absolute Gasteiger partial charge is 0.366 e. The smallest absolute Gasteiger partial charge is 0.333 e. The topological polar surface area (TPSA) is 140 Å². The molecule has 41 heavy (non-hydrogen) atoms. The average Bonchev–Trinajstić information content (AvgIpc) is 3.74. The fourth-order valence-electron chi connectivity index (χ4n) is 4.82. The third-order valence-electron chi connectivity index (χ3n) is 7.05. The zero-order chi connectivity index (χ0) is 28.3. The molecule has 1 aliphatic rings. The maximum absolute atomic E-state index is 13.1. The predicted octanol–water partition coefficient (Wildman–Crippen LogP) is 3.63. The number of benzene rings is 1. The van der Waals surface area contributed by atoms with E-state index in [4.69, 9.17) is 0 Å². The first-order valence-electron chi connectivity index (χ1n) is 13.7. The number of anilines is 1. The molecule has 208 valence electrons. The number of nitrogens with one attached hydrogen (secondary N) is 3. The van der Waals surface area contributed by atoms with E-state index in [0.717, 1.165) is 30.4 Å². The first kappa shape index (κ1) is 26.2. The zero-order valence-corrected chi connectivity index (χ0v) is 22.6. The number of pyridine rings is 2. The standard InChI is InChI=1S/C30H30N8O3/c1-2-13-37-27-25(29(40)38(30(37)41)23-9-10-23)35-26(36-27)21-8-11-24(33-18-21)32-15-19-5-3-6-20(14-19)16-34-28(39)22-7-4-12-31-17-22/h3-8,11-12,14,17-18,23H,2,9-10,13,15-16H2,1H3,(H,32,33)(H,34,39)(H,35,36). The minimum Gasteiger partial charge on any atom is -0.366 e. The van der Waals surface area contributed by atoms with Crippen molar-refractivity contribution in [2.24, 2.45) is 0 Å². The van der Waals surface area contributed by atoms with Gasteiger partial charge in [0.25, 0.3) is 11.5 Å². The lowest BCUT2D eigenvalue weighted by molar-refractivity contribution is 0.0950. The lowest BCUT2D eigenvalue weighted by Crippen LogP contribution is -2.39. The summed E-state index contributed by atoms with van der Waals surface area (Å²) in [7, 11) is 0. The summed E-state index contributed by atoms with van der Waals surface area (Å²) in [5, 5.41) is 6.23. The Bertz CT molecular complexity index is 1820. The zero-order valence-electron chi connectivity index (χ0n) is 22.6. The van der Waals surface area contributed by atoms with Gasteiger partial charge in [0.05, 0.1) is 5.56 Å². The number of aromatic nitrogens is 6. The molecular formula is C30H30N8O3. The van der Waals surface area contributed by atoms with Gasteiger partial charge in [-0.3, -0.25) is 23.7 Å². The van der Waals surface area contributed by atoms with Gasteiger partial charge in [0, 0.05) is 49.8 Å². The van der Waals surface area contributed by atoms with Crippen molar-refractivity contribution < 1.29 is 4.79 Å². The van der Waals surface area contributed by atoms with Gasteiger partial charge in [0.2, 0.25) is 0 Å². The van der Waals surface area contributed by atoms with Crippen molar-refractivity contribution in [3.05, 3.63) is 105 Å². The summed E-state index contributed by atoms with van der Waals surface area (Å²) in [4.78, 5) is 54.7. The van der Waals surface area contributed by atoms with E-state index >= 15 is 0 Å². The van der Waals surface area contributed by atoms with E-state index in [0.29, 0.717) is 53.6 Å². The number of aryl methyl sites for hydroxylation is 1. The van der Waals surface area contributed by atoms with Crippen LogP contribution in [0.4, 0.5) is 5.82 Å². The summed E-state index contributed by atoms with van der Waals surface area (Å²) in [5.74, 6) is 1.01. The molecule has 5 aromatic rings. The molecule has 1 fully saturated rings. The highest BCUT2D eigenvalue weighted by atomic mass is 16.2. The van der Waals surface area contributed by atoms with Gasteiger partial charge in [-0.2, -0.15) is 0 Å². The van der Waals surface area contributed by atoms with E-state index < -0.39 is 0 Å². The number of hydrogen-bond acceptors (Lipinski definition) is 7. The van der Waals surface area contributed by atoms with Crippen molar-refractivity contribution in [1.82, 2.24) is 34.4 Å². The molecular weight excluding hydrogens is 520 g/mol. The second kappa shape index (κ2) is 11.2. The quantitative estimate of drug-likeness (QED) is 0.241. The number of fused-ring (bicyclic) bond motifs is 1. The predicted molar refractivity (Wildman–Crippen MR) is 156 cm³/mol. The SMILES string of the molecule is CCCn1c(=O)n(C2CC2)c(=O)c2[nH]c(-c3ccc(NCc4cccc(CNC(=O)c5cccnc5)c4)nc3)nc21. The normalized spacial score (nSPS) is 12.9. The summed E-state index contributed by atoms with van der Waals surface area (Å²) in [6.45, 7) is 3.44. The monoisotopic (exact) mass is 550 g/mol. The summed E-state index contributed by atoms with van der Waals surface area (Å²) in [5.41, 5.74) is 3.38. The Morgan fingerprint density at radius 2 is 1.88 bits per heavy atom. The van der Waals surface area contributed by atoms with Gasteiger partial charge in [-0.25, -0.2) is 14.8 Å². The summed E-state index contributed by atoms with van der Waals surface area (Å²) in [6, 6.07) is 15.1. The fourth-order valence-corrected chi connectivity index (χ4v) is 4.82. The Balaban J connectivity index is 1.14. The van der Waals surface area contributed by atoms with E-state index in [1.54, 1.807) is 29.1 Å². The Morgan fingerprint density at radius 1 is 1.05 bits per heavy atom. The van der Waals surface area contributed by atoms with Crippen molar-refractivity contribution in [3.63, 3.8) is 0 Å². The second-order valence-corrected chi connectivity index (χ2v) is 10.2. The van der Waals surface area contributed by atoms with Crippen LogP contribution in [0.25, 0.3) is 22.6 Å². The Morgan fingerprint density at radius 3 is 2.59 bits per heavy atom. The van der Waals surface area contributed by atoms with Crippen LogP contribution in [0.2, 0.25) is 0 Å². The number of aromatic amines is 1. The highest BCUT2D eigenvalue weighted by Gasteiger charge is 2.29. The van der Waals surface area contributed by atoms with E-state index in [1.807, 2.05) is 43.3 Å². The van der Waals surface area contributed by atoms with Crippen LogP contribution >= 0.6 is 0 Å². The molecule has 3 N–H and O–H groups in total. The molecule has 0 atom stereocenters. The molecule has 6 rings (SSSR count). The van der Waals surface area contributed by atoms with E-state index in [2.05, 4.69) is 30.6 Å². The fraction of sp³-hybridized carbons (Fsp3) is 0.267. The number of carbonyl (C=O) groups excluding carboxylic acids is 1. The van der Waals surface area contributed by atoms with Crippen LogP contribution in [0.15, 0.2) is 76.7 Å². The lowest BCUT2D eigenvalue weighted by atomic mass is 10.1. The molecule has 0 radical (unpaired) electrons. The van der Waals surface area contributed by atoms with Crippen molar-refractivity contribution in [2.75, 3.05) is 5.32 Å². The molecule has 1 saturated carbocycles. The van der Waals surface area contributed by atoms with Crippen LogP contribution in [0.3, 0.4) is 0 Å². The maximum Gasteiger partial charge on any atom is 0.333 e. The molecule has 1 aromatic carbocycles. The number of imidazole rings is 1. The van der Waals surface area contributed by atoms with Crippen molar-refractivity contribution >= 4 is 22.9 Å². The van der Waals surface area contributed by atoms with Gasteiger partial charge in [0.15, 0.2) is 5.65 Å². The maximum atomic E-state index is 13.1. The van der Waals surface area contributed by atoms with Crippen molar-refractivity contribution in [1.29, 1.82) is 0 Å². The van der Waals surface area contributed by atoms with Gasteiger partial charge in [-0.05, 0) is 54.7 Å². The van der Waals surface area contributed by atoms with Crippen LogP contribution in [-0.2, 0) is 19.6 Å². The van der Waals surface area contributed by atoms with E-state index in [1.165, 1.54) is 10.8 Å². The van der Waals surface area contributed by atoms with Crippen molar-refractivity contribution in [2.45, 2.75) is 51.9 Å². The molecule has 1 aliphatic carbocycles. The summed E-state index contributed by atoms with van der Waals surface area (Å²) in [6.07, 6.45) is 7.31. The van der Waals surface area contributed by atoms with Gasteiger partial charge >= 0.3 is 5.69 Å². The molecule has 0 unspecified atom stereocenters. The first-order chi connectivity index (χ1) is 20.0. The first-order valence-corrected chi connectivity index (χ1v) is 13.7. The van der Waals surface area contributed by atoms with Gasteiger partial charge in [-0.1, -0.05) is 31.2 Å². The summed E-state index contributed by atoms with van der Waals surface area (Å²) >= 11 is 0. The molecule has 0 bridgehead atoms. The van der Waals surface area contributed by atoms with E-state index in [-0.39, 0.29) is 23.2 Å². The molecule has 0 aliphatic heterocycles. The van der Waals surface area contributed by atoms with Crippen molar-refractivity contribution in [3.8, 4) is 11.4 Å². The minimum absolute atomic E-state index is 0.0208. The van der Waals surface area contributed by atoms with Crippen LogP contribution in [0.5, 0.6) is 0 Å². The number of carbonyl (C=O) groups is 1. The number of rotatable bonds is 10. The molecule has 4 aromatic heterocycles. The number of nitrogens with zero attached hydrogens (tertiary/aromatic N) is 5. The number of amides is 1. The average molecular weight is 551 g/mol. The highest BCUT2D eigenvalue weighted by Crippen LogP contribution is 2.32. The molecule has 1 amide bonds. The molecule has 4 heterocycles. The Labute approximate surface area is 235 Å². The number of H-pyrrole nitrogens is 1. The van der Waals surface area contributed by atoms with Crippen LogP contribution < -0.4 is 21.9 Å². The summed E-state index contributed by atoms with van der Waals surface area (Å²) < 4.78 is 2.96. The molecule has 11 nitrogen and oxygen atoms in total. The molecule has 0 spiro atoms. The number of hydrogen-bond donors (Lipinski definition) is 3. The molecule has 11 heteroatoms. The highest BCUT2D eigenvalue weighted by molar-refractivity contribution is 5.93. The van der Waals surface area contributed by atoms with Gasteiger partial charge in [-0.15, -0.1) is 0 Å². The Hall–Kier alpha value is -5.06. The second-order valence-electron chi connectivity index (χ2n) is 10.2. The molecule has 0 saturated heterocycles. The third kappa shape index (κ3) is 5.51. The Kier molecular flexibility index (Phi) is 7.15. The lowest BCUT2D eigenvalue weighted by Gasteiger charge is -2.09.